The first-order valence-corrected chi connectivity index (χ1v) is 14.4. The Morgan fingerprint density at radius 2 is 1.06 bits per heavy atom. The highest BCUT2D eigenvalue weighted by molar-refractivity contribution is 5.72. The van der Waals surface area contributed by atoms with E-state index in [-0.39, 0.29) is 30.8 Å². The number of likely N-dealkylation sites (N-methyl/N-ethyl adjacent to an activating group) is 1. The van der Waals surface area contributed by atoms with E-state index in [4.69, 9.17) is 9.47 Å². The van der Waals surface area contributed by atoms with E-state index in [1.807, 2.05) is 21.1 Å². The molecule has 0 aromatic rings. The molecule has 0 bridgehead atoms. The van der Waals surface area contributed by atoms with Crippen LogP contribution in [0, 0.1) is 0 Å². The zero-order valence-electron chi connectivity index (χ0n) is 23.9. The van der Waals surface area contributed by atoms with Crippen molar-refractivity contribution in [2.75, 3.05) is 34.3 Å². The summed E-state index contributed by atoms with van der Waals surface area (Å²) in [5.74, 6) is -0.436. The summed E-state index contributed by atoms with van der Waals surface area (Å²) in [5.41, 5.74) is 0. The normalized spacial score (nSPS) is 12.1. The molecule has 0 aliphatic rings. The fourth-order valence-electron chi connectivity index (χ4n) is 4.25. The van der Waals surface area contributed by atoms with Crippen LogP contribution in [0.2, 0.25) is 0 Å². The molecule has 0 aromatic heterocycles. The van der Waals surface area contributed by atoms with E-state index in [0.29, 0.717) is 24.1 Å². The molecule has 35 heavy (non-hydrogen) atoms. The number of halogens is 1. The number of hydrogen-bond acceptors (Lipinski definition) is 4. The molecule has 6 heteroatoms. The average molecular weight is 520 g/mol. The molecule has 0 aromatic carbocycles. The molecular formula is C29H58ClNO4. The molecular weight excluding hydrogens is 462 g/mol. The topological polar surface area (TPSA) is 52.6 Å². The van der Waals surface area contributed by atoms with E-state index in [9.17, 15) is 9.59 Å². The Morgan fingerprint density at radius 1 is 0.629 bits per heavy atom. The molecule has 0 rings (SSSR count). The van der Waals surface area contributed by atoms with Crippen LogP contribution < -0.4 is 12.4 Å². The fraction of sp³-hybridized carbons (Fsp3) is 0.931. The summed E-state index contributed by atoms with van der Waals surface area (Å²) in [7, 11) is 6.15. The van der Waals surface area contributed by atoms with Gasteiger partial charge in [-0.05, 0) is 12.8 Å². The number of quaternary nitrogens is 1. The van der Waals surface area contributed by atoms with Crippen molar-refractivity contribution in [3.8, 4) is 0 Å². The highest BCUT2D eigenvalue weighted by Crippen LogP contribution is 2.13. The Balaban J connectivity index is 0. The summed E-state index contributed by atoms with van der Waals surface area (Å²) in [5, 5.41) is 0. The first kappa shape index (κ1) is 36.3. The Labute approximate surface area is 224 Å². The van der Waals surface area contributed by atoms with Crippen molar-refractivity contribution >= 4 is 11.9 Å². The number of carbonyl (C=O) groups excluding carboxylic acids is 2. The van der Waals surface area contributed by atoms with Crippen molar-refractivity contribution in [3.63, 3.8) is 0 Å². The third kappa shape index (κ3) is 27.6. The highest BCUT2D eigenvalue weighted by Gasteiger charge is 2.25. The van der Waals surface area contributed by atoms with Crippen molar-refractivity contribution in [3.05, 3.63) is 0 Å². The molecule has 1 unspecified atom stereocenters. The zero-order valence-corrected chi connectivity index (χ0v) is 24.6. The second kappa shape index (κ2) is 24.9. The van der Waals surface area contributed by atoms with Crippen LogP contribution in [0.25, 0.3) is 0 Å². The highest BCUT2D eigenvalue weighted by atomic mass is 35.5. The third-order valence-corrected chi connectivity index (χ3v) is 6.19. The monoisotopic (exact) mass is 519 g/mol. The SMILES string of the molecule is CCCCCCCCCCCOC(=O)CC(C[N+](C)(C)C)OC(=O)CCCCCCCCCC.[Cl-]. The Bertz CT molecular complexity index is 494. The molecule has 1 atom stereocenters. The van der Waals surface area contributed by atoms with Gasteiger partial charge in [0.05, 0.1) is 34.2 Å². The third-order valence-electron chi connectivity index (χ3n) is 6.19. The summed E-state index contributed by atoms with van der Waals surface area (Å²) < 4.78 is 11.8. The van der Waals surface area contributed by atoms with E-state index in [2.05, 4.69) is 13.8 Å². The molecule has 0 aliphatic heterocycles. The molecule has 0 saturated carbocycles. The number of rotatable bonds is 24. The maximum atomic E-state index is 12.4. The largest absolute Gasteiger partial charge is 1.00 e. The molecule has 0 spiro atoms. The minimum atomic E-state index is -0.419. The molecule has 0 fully saturated rings. The smallest absolute Gasteiger partial charge is 0.309 e. The van der Waals surface area contributed by atoms with Crippen molar-refractivity contribution in [2.45, 2.75) is 142 Å². The van der Waals surface area contributed by atoms with Crippen LogP contribution in [0.3, 0.4) is 0 Å². The van der Waals surface area contributed by atoms with Crippen LogP contribution >= 0.6 is 0 Å². The molecule has 0 heterocycles. The van der Waals surface area contributed by atoms with Gasteiger partial charge in [0, 0.05) is 6.42 Å². The predicted octanol–water partition coefficient (Wildman–Crippen LogP) is 4.60. The van der Waals surface area contributed by atoms with Crippen LogP contribution in [0.5, 0.6) is 0 Å². The summed E-state index contributed by atoms with van der Waals surface area (Å²) >= 11 is 0. The van der Waals surface area contributed by atoms with Gasteiger partial charge in [-0.2, -0.15) is 0 Å². The first-order valence-electron chi connectivity index (χ1n) is 14.4. The van der Waals surface area contributed by atoms with E-state index in [1.165, 1.54) is 83.5 Å². The lowest BCUT2D eigenvalue weighted by Gasteiger charge is -2.28. The molecule has 0 saturated heterocycles. The van der Waals surface area contributed by atoms with Gasteiger partial charge in [-0.25, -0.2) is 0 Å². The number of hydrogen-bond donors (Lipinski definition) is 0. The molecule has 0 amide bonds. The average Bonchev–Trinajstić information content (AvgIpc) is 2.75. The standard InChI is InChI=1S/C29H58NO4.ClH/c1-6-8-10-12-14-16-18-20-22-24-33-29(32)25-27(26-30(3,4)5)34-28(31)23-21-19-17-15-13-11-9-7-2;/h27H,6-26H2,1-5H3;1H/q+1;/p-1. The van der Waals surface area contributed by atoms with E-state index < -0.39 is 6.10 Å². The van der Waals surface area contributed by atoms with Crippen LogP contribution in [-0.4, -0.2) is 56.8 Å². The lowest BCUT2D eigenvalue weighted by Crippen LogP contribution is -3.00. The van der Waals surface area contributed by atoms with Gasteiger partial charge in [-0.3, -0.25) is 9.59 Å². The van der Waals surface area contributed by atoms with Gasteiger partial charge in [-0.15, -0.1) is 0 Å². The van der Waals surface area contributed by atoms with E-state index in [1.54, 1.807) is 0 Å². The van der Waals surface area contributed by atoms with Crippen molar-refractivity contribution in [1.82, 2.24) is 0 Å². The zero-order chi connectivity index (χ0) is 25.5. The second-order valence-corrected chi connectivity index (χ2v) is 11.1. The predicted molar refractivity (Wildman–Crippen MR) is 143 cm³/mol. The summed E-state index contributed by atoms with van der Waals surface area (Å²) in [6.07, 6.45) is 20.9. The second-order valence-electron chi connectivity index (χ2n) is 11.1. The summed E-state index contributed by atoms with van der Waals surface area (Å²) in [4.78, 5) is 24.7. The summed E-state index contributed by atoms with van der Waals surface area (Å²) in [6.45, 7) is 5.55. The first-order chi connectivity index (χ1) is 16.3. The van der Waals surface area contributed by atoms with E-state index >= 15 is 0 Å². The van der Waals surface area contributed by atoms with Crippen LogP contribution in [-0.2, 0) is 19.1 Å². The van der Waals surface area contributed by atoms with Gasteiger partial charge in [0.15, 0.2) is 6.10 Å². The number of carbonyl (C=O) groups is 2. The van der Waals surface area contributed by atoms with Gasteiger partial charge in [0.1, 0.15) is 6.54 Å². The lowest BCUT2D eigenvalue weighted by atomic mass is 10.1. The number of unbranched alkanes of at least 4 members (excludes halogenated alkanes) is 15. The number of ether oxygens (including phenoxy) is 2. The quantitative estimate of drug-likeness (QED) is 0.106. The lowest BCUT2D eigenvalue weighted by molar-refractivity contribution is -0.873. The molecule has 0 radical (unpaired) electrons. The Morgan fingerprint density at radius 3 is 1.51 bits per heavy atom. The van der Waals surface area contributed by atoms with Crippen molar-refractivity contribution in [2.24, 2.45) is 0 Å². The van der Waals surface area contributed by atoms with Crippen LogP contribution in [0.4, 0.5) is 0 Å². The molecule has 0 N–H and O–H groups in total. The Hall–Kier alpha value is -0.810. The van der Waals surface area contributed by atoms with E-state index in [0.717, 1.165) is 25.7 Å². The minimum Gasteiger partial charge on any atom is -1.00 e. The van der Waals surface area contributed by atoms with Gasteiger partial charge in [0.25, 0.3) is 0 Å². The number of nitrogens with zero attached hydrogens (tertiary/aromatic N) is 1. The minimum absolute atomic E-state index is 0. The maximum absolute atomic E-state index is 12.4. The molecule has 0 aliphatic carbocycles. The summed E-state index contributed by atoms with van der Waals surface area (Å²) in [6, 6.07) is 0. The van der Waals surface area contributed by atoms with Crippen LogP contribution in [0.1, 0.15) is 136 Å². The fourth-order valence-corrected chi connectivity index (χ4v) is 4.25. The van der Waals surface area contributed by atoms with Crippen molar-refractivity contribution in [1.29, 1.82) is 0 Å². The van der Waals surface area contributed by atoms with Crippen molar-refractivity contribution < 1.29 is 36.0 Å². The van der Waals surface area contributed by atoms with Gasteiger partial charge in [0.2, 0.25) is 0 Å². The van der Waals surface area contributed by atoms with Crippen LogP contribution in [0.15, 0.2) is 0 Å². The molecule has 5 nitrogen and oxygen atoms in total. The maximum Gasteiger partial charge on any atom is 0.309 e. The number of esters is 2. The van der Waals surface area contributed by atoms with Gasteiger partial charge >= 0.3 is 11.9 Å². The van der Waals surface area contributed by atoms with Gasteiger partial charge in [-0.1, -0.05) is 110 Å². The Kier molecular flexibility index (Phi) is 25.8. The molecule has 210 valence electrons. The van der Waals surface area contributed by atoms with Gasteiger partial charge < -0.3 is 26.4 Å².